The quantitative estimate of drug-likeness (QED) is 0.592. The summed E-state index contributed by atoms with van der Waals surface area (Å²) in [4.78, 5) is 15.0. The van der Waals surface area contributed by atoms with Crippen LogP contribution in [0.25, 0.3) is 22.0 Å². The molecule has 4 rings (SSSR count). The van der Waals surface area contributed by atoms with Gasteiger partial charge in [-0.3, -0.25) is 4.98 Å². The highest BCUT2D eigenvalue weighted by Gasteiger charge is 2.05. The standard InChI is InChI=1S/C21H19N5/c1-26(2)17-8-6-15(7-9-17)20-12-21(24-14-23-20)25-19-5-3-4-16-13-22-11-10-18(16)19/h3-14H,1-2H3,(H,23,24,25). The van der Waals surface area contributed by atoms with Crippen LogP contribution in [0, 0.1) is 0 Å². The molecule has 0 bridgehead atoms. The van der Waals surface area contributed by atoms with Gasteiger partial charge >= 0.3 is 0 Å². The lowest BCUT2D eigenvalue weighted by Gasteiger charge is -2.13. The SMILES string of the molecule is CN(C)c1ccc(-c2cc(Nc3cccc4cnccc34)ncn2)cc1. The molecule has 0 unspecified atom stereocenters. The van der Waals surface area contributed by atoms with Crippen molar-refractivity contribution in [1.29, 1.82) is 0 Å². The van der Waals surface area contributed by atoms with Crippen molar-refractivity contribution in [2.24, 2.45) is 0 Å². The Morgan fingerprint density at radius 3 is 2.58 bits per heavy atom. The number of benzene rings is 2. The molecule has 26 heavy (non-hydrogen) atoms. The summed E-state index contributed by atoms with van der Waals surface area (Å²) in [5.74, 6) is 0.760. The highest BCUT2D eigenvalue weighted by molar-refractivity contribution is 5.94. The molecule has 2 heterocycles. The number of nitrogens with one attached hydrogen (secondary N) is 1. The number of pyridine rings is 1. The molecule has 0 aliphatic heterocycles. The van der Waals surface area contributed by atoms with E-state index in [0.29, 0.717) is 0 Å². The molecule has 0 atom stereocenters. The third-order valence-electron chi connectivity index (χ3n) is 4.29. The van der Waals surface area contributed by atoms with E-state index in [2.05, 4.69) is 49.4 Å². The van der Waals surface area contributed by atoms with Gasteiger partial charge in [0.2, 0.25) is 0 Å². The fourth-order valence-electron chi connectivity index (χ4n) is 2.88. The Kier molecular flexibility index (Phi) is 4.19. The van der Waals surface area contributed by atoms with Gasteiger partial charge in [0.05, 0.1) is 5.69 Å². The Balaban J connectivity index is 1.65. The summed E-state index contributed by atoms with van der Waals surface area (Å²) >= 11 is 0. The lowest BCUT2D eigenvalue weighted by molar-refractivity contribution is 1.13. The zero-order valence-electron chi connectivity index (χ0n) is 14.7. The number of aromatic nitrogens is 3. The molecule has 2 aromatic heterocycles. The van der Waals surface area contributed by atoms with Crippen LogP contribution in [0.2, 0.25) is 0 Å². The van der Waals surface area contributed by atoms with E-state index in [-0.39, 0.29) is 0 Å². The zero-order chi connectivity index (χ0) is 17.9. The first-order valence-electron chi connectivity index (χ1n) is 8.40. The van der Waals surface area contributed by atoms with Gasteiger partial charge in [-0.1, -0.05) is 24.3 Å². The largest absolute Gasteiger partial charge is 0.378 e. The first-order valence-corrected chi connectivity index (χ1v) is 8.40. The predicted octanol–water partition coefficient (Wildman–Crippen LogP) is 4.50. The summed E-state index contributed by atoms with van der Waals surface area (Å²) in [5.41, 5.74) is 4.10. The molecule has 2 aromatic carbocycles. The molecule has 0 radical (unpaired) electrons. The maximum atomic E-state index is 4.41. The van der Waals surface area contributed by atoms with Crippen molar-refractivity contribution in [3.63, 3.8) is 0 Å². The molecule has 4 aromatic rings. The Hall–Kier alpha value is -3.47. The minimum absolute atomic E-state index is 0.760. The van der Waals surface area contributed by atoms with E-state index in [4.69, 9.17) is 0 Å². The Morgan fingerprint density at radius 1 is 0.923 bits per heavy atom. The van der Waals surface area contributed by atoms with E-state index in [0.717, 1.165) is 39.2 Å². The number of rotatable bonds is 4. The fourth-order valence-corrected chi connectivity index (χ4v) is 2.88. The Bertz CT molecular complexity index is 1040. The second kappa shape index (κ2) is 6.80. The maximum absolute atomic E-state index is 4.41. The van der Waals surface area contributed by atoms with Crippen molar-refractivity contribution < 1.29 is 0 Å². The molecule has 0 amide bonds. The average molecular weight is 341 g/mol. The van der Waals surface area contributed by atoms with Crippen molar-refractivity contribution >= 4 is 28.0 Å². The van der Waals surface area contributed by atoms with Gasteiger partial charge in [0, 0.05) is 60.3 Å². The fraction of sp³-hybridized carbons (Fsp3) is 0.0952. The van der Waals surface area contributed by atoms with Crippen LogP contribution in [0.4, 0.5) is 17.2 Å². The molecule has 0 saturated carbocycles. The third-order valence-corrected chi connectivity index (χ3v) is 4.29. The Labute approximate surface area is 152 Å². The number of anilines is 3. The van der Waals surface area contributed by atoms with Crippen molar-refractivity contribution in [3.8, 4) is 11.3 Å². The van der Waals surface area contributed by atoms with Crippen molar-refractivity contribution in [3.05, 3.63) is 73.3 Å². The molecule has 0 spiro atoms. The van der Waals surface area contributed by atoms with Crippen LogP contribution in [-0.2, 0) is 0 Å². The first-order chi connectivity index (χ1) is 12.7. The summed E-state index contributed by atoms with van der Waals surface area (Å²) in [6, 6.07) is 18.4. The van der Waals surface area contributed by atoms with Crippen molar-refractivity contribution in [2.45, 2.75) is 0 Å². The van der Waals surface area contributed by atoms with Crippen LogP contribution in [0.3, 0.4) is 0 Å². The maximum Gasteiger partial charge on any atom is 0.134 e. The van der Waals surface area contributed by atoms with E-state index in [1.165, 1.54) is 0 Å². The van der Waals surface area contributed by atoms with E-state index < -0.39 is 0 Å². The predicted molar refractivity (Wildman–Crippen MR) is 107 cm³/mol. The summed E-state index contributed by atoms with van der Waals surface area (Å²) in [6.07, 6.45) is 5.24. The normalized spacial score (nSPS) is 10.7. The second-order valence-corrected chi connectivity index (χ2v) is 6.26. The molecular formula is C21H19N5. The van der Waals surface area contributed by atoms with Gasteiger partial charge in [0.25, 0.3) is 0 Å². The van der Waals surface area contributed by atoms with Crippen LogP contribution in [0.5, 0.6) is 0 Å². The summed E-state index contributed by atoms with van der Waals surface area (Å²) < 4.78 is 0. The number of nitrogens with zero attached hydrogens (tertiary/aromatic N) is 4. The van der Waals surface area contributed by atoms with Crippen molar-refractivity contribution in [2.75, 3.05) is 24.3 Å². The highest BCUT2D eigenvalue weighted by Crippen LogP contribution is 2.27. The van der Waals surface area contributed by atoms with Gasteiger partial charge in [0.15, 0.2) is 0 Å². The van der Waals surface area contributed by atoms with E-state index in [1.807, 2.05) is 50.6 Å². The van der Waals surface area contributed by atoms with Gasteiger partial charge in [0.1, 0.15) is 12.1 Å². The first kappa shape index (κ1) is 16.0. The Morgan fingerprint density at radius 2 is 1.77 bits per heavy atom. The second-order valence-electron chi connectivity index (χ2n) is 6.26. The minimum Gasteiger partial charge on any atom is -0.378 e. The minimum atomic E-state index is 0.760. The lowest BCUT2D eigenvalue weighted by Crippen LogP contribution is -2.07. The molecule has 0 aliphatic carbocycles. The lowest BCUT2D eigenvalue weighted by atomic mass is 10.1. The van der Waals surface area contributed by atoms with Gasteiger partial charge < -0.3 is 10.2 Å². The third kappa shape index (κ3) is 3.19. The van der Waals surface area contributed by atoms with E-state index in [1.54, 1.807) is 12.5 Å². The van der Waals surface area contributed by atoms with E-state index in [9.17, 15) is 0 Å². The van der Waals surface area contributed by atoms with Gasteiger partial charge in [-0.2, -0.15) is 0 Å². The number of hydrogen-bond acceptors (Lipinski definition) is 5. The van der Waals surface area contributed by atoms with Crippen LogP contribution in [-0.4, -0.2) is 29.0 Å². The van der Waals surface area contributed by atoms with E-state index >= 15 is 0 Å². The van der Waals surface area contributed by atoms with Crippen molar-refractivity contribution in [1.82, 2.24) is 15.0 Å². The molecular weight excluding hydrogens is 322 g/mol. The van der Waals surface area contributed by atoms with Gasteiger partial charge in [-0.05, 0) is 24.3 Å². The number of hydrogen-bond donors (Lipinski definition) is 1. The molecule has 5 nitrogen and oxygen atoms in total. The smallest absolute Gasteiger partial charge is 0.134 e. The molecule has 1 N–H and O–H groups in total. The summed E-state index contributed by atoms with van der Waals surface area (Å²) in [6.45, 7) is 0. The monoisotopic (exact) mass is 341 g/mol. The number of fused-ring (bicyclic) bond motifs is 1. The zero-order valence-corrected chi connectivity index (χ0v) is 14.7. The average Bonchev–Trinajstić information content (AvgIpc) is 2.69. The van der Waals surface area contributed by atoms with Gasteiger partial charge in [-0.25, -0.2) is 9.97 Å². The van der Waals surface area contributed by atoms with Gasteiger partial charge in [-0.15, -0.1) is 0 Å². The molecule has 5 heteroatoms. The topological polar surface area (TPSA) is 53.9 Å². The van der Waals surface area contributed by atoms with Crippen LogP contribution in [0.1, 0.15) is 0 Å². The molecule has 0 fully saturated rings. The molecule has 0 aliphatic rings. The van der Waals surface area contributed by atoms with Crippen LogP contribution in [0.15, 0.2) is 73.3 Å². The summed E-state index contributed by atoms with van der Waals surface area (Å²) in [5, 5.41) is 5.60. The molecule has 0 saturated heterocycles. The highest BCUT2D eigenvalue weighted by atomic mass is 15.1. The molecule has 128 valence electrons. The summed E-state index contributed by atoms with van der Waals surface area (Å²) in [7, 11) is 4.06. The van der Waals surface area contributed by atoms with Crippen LogP contribution >= 0.6 is 0 Å². The van der Waals surface area contributed by atoms with Crippen LogP contribution < -0.4 is 10.2 Å².